The topological polar surface area (TPSA) is 84.2 Å². The van der Waals surface area contributed by atoms with Gasteiger partial charge in [0.25, 0.3) is 0 Å². The zero-order chi connectivity index (χ0) is 17.3. The molecular formula is C19H28ClN3O2. The van der Waals surface area contributed by atoms with Crippen LogP contribution in [0.5, 0.6) is 0 Å². The molecule has 2 aliphatic rings. The van der Waals surface area contributed by atoms with Crippen LogP contribution in [-0.4, -0.2) is 17.9 Å². The van der Waals surface area contributed by atoms with E-state index in [1.165, 1.54) is 13.3 Å². The molecule has 0 aliphatic heterocycles. The zero-order valence-corrected chi connectivity index (χ0v) is 15.7. The van der Waals surface area contributed by atoms with Crippen molar-refractivity contribution in [1.82, 2.24) is 0 Å². The maximum absolute atomic E-state index is 12.8. The highest BCUT2D eigenvalue weighted by atomic mass is 35.5. The summed E-state index contributed by atoms with van der Waals surface area (Å²) in [7, 11) is 0. The molecule has 2 aliphatic carbocycles. The van der Waals surface area contributed by atoms with E-state index in [0.29, 0.717) is 17.5 Å². The summed E-state index contributed by atoms with van der Waals surface area (Å²) >= 11 is 0. The van der Waals surface area contributed by atoms with E-state index >= 15 is 0 Å². The molecule has 138 valence electrons. The monoisotopic (exact) mass is 365 g/mol. The van der Waals surface area contributed by atoms with Gasteiger partial charge in [0, 0.05) is 30.3 Å². The number of carbonyl (C=O) groups excluding carboxylic acids is 2. The van der Waals surface area contributed by atoms with Gasteiger partial charge in [-0.1, -0.05) is 12.5 Å². The number of rotatable bonds is 3. The van der Waals surface area contributed by atoms with E-state index in [2.05, 4.69) is 10.6 Å². The van der Waals surface area contributed by atoms with E-state index in [0.717, 1.165) is 36.9 Å². The second kappa shape index (κ2) is 8.19. The van der Waals surface area contributed by atoms with Crippen LogP contribution < -0.4 is 16.4 Å². The van der Waals surface area contributed by atoms with Crippen LogP contribution in [0.2, 0.25) is 0 Å². The van der Waals surface area contributed by atoms with Crippen LogP contribution in [0.15, 0.2) is 18.2 Å². The Morgan fingerprint density at radius 3 is 2.36 bits per heavy atom. The minimum absolute atomic E-state index is 0. The van der Waals surface area contributed by atoms with E-state index in [4.69, 9.17) is 5.73 Å². The third-order valence-corrected chi connectivity index (χ3v) is 5.60. The molecule has 0 saturated heterocycles. The molecule has 2 amide bonds. The average molecular weight is 366 g/mol. The van der Waals surface area contributed by atoms with Crippen molar-refractivity contribution in [3.63, 3.8) is 0 Å². The van der Waals surface area contributed by atoms with Gasteiger partial charge in [-0.25, -0.2) is 0 Å². The number of carbonyl (C=O) groups is 2. The van der Waals surface area contributed by atoms with Crippen molar-refractivity contribution in [2.75, 3.05) is 10.6 Å². The fourth-order valence-corrected chi connectivity index (χ4v) is 4.28. The molecule has 1 aromatic carbocycles. The Balaban J connectivity index is 0.00000225. The van der Waals surface area contributed by atoms with Crippen molar-refractivity contribution >= 4 is 35.6 Å². The summed E-state index contributed by atoms with van der Waals surface area (Å²) in [5.74, 6) is 0.983. The summed E-state index contributed by atoms with van der Waals surface area (Å²) in [6.07, 6.45) is 5.34. The molecule has 1 aromatic rings. The number of benzene rings is 1. The van der Waals surface area contributed by atoms with Crippen molar-refractivity contribution in [1.29, 1.82) is 0 Å². The van der Waals surface area contributed by atoms with Gasteiger partial charge in [-0.3, -0.25) is 9.59 Å². The number of hydrogen-bond donors (Lipinski definition) is 3. The highest BCUT2D eigenvalue weighted by molar-refractivity contribution is 5.95. The Labute approximate surface area is 155 Å². The molecule has 25 heavy (non-hydrogen) atoms. The lowest BCUT2D eigenvalue weighted by atomic mass is 9.65. The van der Waals surface area contributed by atoms with Crippen molar-refractivity contribution in [3.8, 4) is 0 Å². The van der Waals surface area contributed by atoms with E-state index in [9.17, 15) is 9.59 Å². The quantitative estimate of drug-likeness (QED) is 0.766. The summed E-state index contributed by atoms with van der Waals surface area (Å²) in [4.78, 5) is 24.0. The third-order valence-electron chi connectivity index (χ3n) is 5.60. The number of amides is 2. The first-order chi connectivity index (χ1) is 11.4. The first-order valence-electron chi connectivity index (χ1n) is 8.88. The highest BCUT2D eigenvalue weighted by Crippen LogP contribution is 2.42. The number of halogens is 1. The van der Waals surface area contributed by atoms with Crippen molar-refractivity contribution in [3.05, 3.63) is 23.8 Å². The lowest BCUT2D eigenvalue weighted by molar-refractivity contribution is -0.122. The predicted octanol–water partition coefficient (Wildman–Crippen LogP) is 3.47. The largest absolute Gasteiger partial charge is 0.327 e. The van der Waals surface area contributed by atoms with Crippen LogP contribution in [0.25, 0.3) is 0 Å². The Kier molecular flexibility index (Phi) is 6.47. The van der Waals surface area contributed by atoms with Crippen LogP contribution in [-0.2, 0) is 9.59 Å². The number of nitrogens with two attached hydrogens (primary N) is 1. The molecule has 6 heteroatoms. The number of anilines is 2. The molecule has 3 rings (SSSR count). The normalized spacial score (nSPS) is 27.8. The second-order valence-electron chi connectivity index (χ2n) is 7.40. The van der Waals surface area contributed by atoms with Gasteiger partial charge in [0.1, 0.15) is 0 Å². The van der Waals surface area contributed by atoms with Crippen molar-refractivity contribution < 1.29 is 9.59 Å². The molecule has 5 nitrogen and oxygen atoms in total. The molecule has 2 bridgehead atoms. The minimum atomic E-state index is -0.120. The average Bonchev–Trinajstić information content (AvgIpc) is 2.49. The van der Waals surface area contributed by atoms with Crippen LogP contribution in [0.4, 0.5) is 11.4 Å². The minimum Gasteiger partial charge on any atom is -0.327 e. The first-order valence-corrected chi connectivity index (χ1v) is 8.88. The molecule has 4 N–H and O–H groups in total. The predicted molar refractivity (Wildman–Crippen MR) is 103 cm³/mol. The zero-order valence-electron chi connectivity index (χ0n) is 14.9. The van der Waals surface area contributed by atoms with Gasteiger partial charge in [0.2, 0.25) is 11.8 Å². The van der Waals surface area contributed by atoms with Gasteiger partial charge in [-0.05, 0) is 62.1 Å². The lowest BCUT2D eigenvalue weighted by Crippen LogP contribution is -2.48. The molecule has 0 heterocycles. The number of hydrogen-bond acceptors (Lipinski definition) is 3. The lowest BCUT2D eigenvalue weighted by Gasteiger charge is -2.43. The van der Waals surface area contributed by atoms with E-state index in [1.54, 1.807) is 0 Å². The summed E-state index contributed by atoms with van der Waals surface area (Å²) in [6.45, 7) is 3.43. The summed E-state index contributed by atoms with van der Waals surface area (Å²) in [6, 6.07) is 5.85. The summed E-state index contributed by atoms with van der Waals surface area (Å²) in [5.41, 5.74) is 8.78. The third kappa shape index (κ3) is 4.53. The smallest absolute Gasteiger partial charge is 0.227 e. The van der Waals surface area contributed by atoms with Gasteiger partial charge in [0.15, 0.2) is 0 Å². The molecule has 2 saturated carbocycles. The first kappa shape index (κ1) is 19.7. The molecule has 2 fully saturated rings. The maximum atomic E-state index is 12.8. The SMILES string of the molecule is CC(=O)Nc1ccc(C)c(NC(=O)C2CC3CCCC(C2)C3N)c1.Cl. The van der Waals surface area contributed by atoms with E-state index < -0.39 is 0 Å². The van der Waals surface area contributed by atoms with Crippen LogP contribution in [0.3, 0.4) is 0 Å². The van der Waals surface area contributed by atoms with Crippen LogP contribution in [0.1, 0.15) is 44.6 Å². The molecule has 2 unspecified atom stereocenters. The van der Waals surface area contributed by atoms with Crippen LogP contribution >= 0.6 is 12.4 Å². The Bertz CT molecular complexity index is 636. The molecular weight excluding hydrogens is 338 g/mol. The van der Waals surface area contributed by atoms with Gasteiger partial charge in [0.05, 0.1) is 0 Å². The highest BCUT2D eigenvalue weighted by Gasteiger charge is 2.40. The molecule has 0 radical (unpaired) electrons. The maximum Gasteiger partial charge on any atom is 0.227 e. The van der Waals surface area contributed by atoms with Gasteiger partial charge in [-0.15, -0.1) is 12.4 Å². The van der Waals surface area contributed by atoms with E-state index in [-0.39, 0.29) is 36.2 Å². The fraction of sp³-hybridized carbons (Fsp3) is 0.579. The summed E-state index contributed by atoms with van der Waals surface area (Å²) < 4.78 is 0. The Morgan fingerprint density at radius 2 is 1.76 bits per heavy atom. The standard InChI is InChI=1S/C19H27N3O2.ClH/c1-11-6-7-16(21-12(2)23)10-17(11)22-19(24)15-8-13-4-3-5-14(9-15)18(13)20;/h6-7,10,13-15,18H,3-5,8-9,20H2,1-2H3,(H,21,23)(H,22,24);1H. The molecule has 0 spiro atoms. The number of fused-ring (bicyclic) bond motifs is 2. The Morgan fingerprint density at radius 1 is 1.12 bits per heavy atom. The van der Waals surface area contributed by atoms with Gasteiger partial charge < -0.3 is 16.4 Å². The summed E-state index contributed by atoms with van der Waals surface area (Å²) in [5, 5.41) is 5.82. The van der Waals surface area contributed by atoms with Gasteiger partial charge in [-0.2, -0.15) is 0 Å². The van der Waals surface area contributed by atoms with E-state index in [1.807, 2.05) is 25.1 Å². The molecule has 2 atom stereocenters. The number of nitrogens with one attached hydrogen (secondary N) is 2. The second-order valence-corrected chi connectivity index (χ2v) is 7.40. The van der Waals surface area contributed by atoms with Crippen molar-refractivity contribution in [2.45, 2.75) is 52.0 Å². The fourth-order valence-electron chi connectivity index (χ4n) is 4.28. The molecule has 0 aromatic heterocycles. The van der Waals surface area contributed by atoms with Crippen LogP contribution in [0, 0.1) is 24.7 Å². The number of aryl methyl sites for hydroxylation is 1. The van der Waals surface area contributed by atoms with Gasteiger partial charge >= 0.3 is 0 Å². The Hall–Kier alpha value is -1.59. The van der Waals surface area contributed by atoms with Crippen molar-refractivity contribution in [2.24, 2.45) is 23.5 Å².